The number of ether oxygens (including phenoxy) is 3. The first-order chi connectivity index (χ1) is 13.2. The summed E-state index contributed by atoms with van der Waals surface area (Å²) in [4.78, 5) is 16.6. The third-order valence-electron chi connectivity index (χ3n) is 4.63. The summed E-state index contributed by atoms with van der Waals surface area (Å²) in [7, 11) is 0. The van der Waals surface area contributed by atoms with Crippen molar-refractivity contribution in [2.75, 3.05) is 32.8 Å². The van der Waals surface area contributed by atoms with Crippen molar-refractivity contribution in [3.05, 3.63) is 35.4 Å². The van der Waals surface area contributed by atoms with Gasteiger partial charge in [-0.3, -0.25) is 4.90 Å². The van der Waals surface area contributed by atoms with Crippen LogP contribution in [0.4, 0.5) is 4.79 Å². The predicted molar refractivity (Wildman–Crippen MR) is 110 cm³/mol. The van der Waals surface area contributed by atoms with Gasteiger partial charge >= 0.3 is 6.09 Å². The Labute approximate surface area is 169 Å². The molecule has 6 heteroatoms. The van der Waals surface area contributed by atoms with E-state index >= 15 is 0 Å². The van der Waals surface area contributed by atoms with Gasteiger partial charge in [0.05, 0.1) is 0 Å². The van der Waals surface area contributed by atoms with Crippen LogP contribution >= 0.6 is 0 Å². The Kier molecular flexibility index (Phi) is 8.28. The molecule has 0 aliphatic carbocycles. The molecule has 1 saturated heterocycles. The van der Waals surface area contributed by atoms with Gasteiger partial charge in [-0.2, -0.15) is 0 Å². The number of benzene rings is 1. The van der Waals surface area contributed by atoms with Crippen LogP contribution in [0.1, 0.15) is 59.0 Å². The molecule has 1 atom stereocenters. The minimum atomic E-state index is -0.462. The third-order valence-corrected chi connectivity index (χ3v) is 4.63. The first-order valence-corrected chi connectivity index (χ1v) is 10.3. The fourth-order valence-corrected chi connectivity index (χ4v) is 3.35. The van der Waals surface area contributed by atoms with E-state index in [0.29, 0.717) is 19.8 Å². The Morgan fingerprint density at radius 1 is 1.11 bits per heavy atom. The van der Waals surface area contributed by atoms with E-state index in [1.165, 1.54) is 5.56 Å². The Hall–Kier alpha value is -1.63. The monoisotopic (exact) mass is 392 g/mol. The fraction of sp³-hybridized carbons (Fsp3) is 0.682. The largest absolute Gasteiger partial charge is 0.444 e. The van der Waals surface area contributed by atoms with Crippen molar-refractivity contribution in [1.82, 2.24) is 9.80 Å². The number of hydrogen-bond donors (Lipinski definition) is 0. The van der Waals surface area contributed by atoms with Crippen molar-refractivity contribution in [2.24, 2.45) is 0 Å². The highest BCUT2D eigenvalue weighted by Crippen LogP contribution is 2.21. The van der Waals surface area contributed by atoms with E-state index in [9.17, 15) is 4.79 Å². The average Bonchev–Trinajstić information content (AvgIpc) is 2.61. The van der Waals surface area contributed by atoms with Crippen LogP contribution in [0.2, 0.25) is 0 Å². The van der Waals surface area contributed by atoms with Gasteiger partial charge in [-0.05, 0) is 47.1 Å². The first kappa shape index (κ1) is 22.7. The van der Waals surface area contributed by atoms with Gasteiger partial charge in [0.2, 0.25) is 0 Å². The smallest absolute Gasteiger partial charge is 0.410 e. The summed E-state index contributed by atoms with van der Waals surface area (Å²) < 4.78 is 16.8. The highest BCUT2D eigenvalue weighted by molar-refractivity contribution is 5.68. The van der Waals surface area contributed by atoms with Crippen LogP contribution in [-0.4, -0.2) is 60.4 Å². The van der Waals surface area contributed by atoms with E-state index in [2.05, 4.69) is 36.1 Å². The summed E-state index contributed by atoms with van der Waals surface area (Å²) in [6.45, 7) is 16.2. The lowest BCUT2D eigenvalue weighted by Gasteiger charge is -2.40. The number of carbonyl (C=O) groups excluding carboxylic acids is 1. The molecule has 28 heavy (non-hydrogen) atoms. The average molecular weight is 393 g/mol. The molecule has 0 unspecified atom stereocenters. The summed E-state index contributed by atoms with van der Waals surface area (Å²) in [6, 6.07) is 8.54. The van der Waals surface area contributed by atoms with E-state index in [1.54, 1.807) is 0 Å². The van der Waals surface area contributed by atoms with Crippen LogP contribution in [0.5, 0.6) is 0 Å². The van der Waals surface area contributed by atoms with Crippen LogP contribution in [0.3, 0.4) is 0 Å². The molecule has 1 amide bonds. The lowest BCUT2D eigenvalue weighted by atomic mass is 10.1. The van der Waals surface area contributed by atoms with Crippen molar-refractivity contribution in [2.45, 2.75) is 66.0 Å². The molecule has 0 radical (unpaired) electrons. The lowest BCUT2D eigenvalue weighted by Crippen LogP contribution is -2.54. The van der Waals surface area contributed by atoms with Crippen molar-refractivity contribution in [1.29, 1.82) is 0 Å². The van der Waals surface area contributed by atoms with Gasteiger partial charge in [-0.1, -0.05) is 24.3 Å². The normalized spacial score (nSPS) is 18.5. The molecule has 6 nitrogen and oxygen atoms in total. The van der Waals surface area contributed by atoms with Crippen LogP contribution in [0.15, 0.2) is 24.3 Å². The molecule has 1 aromatic rings. The highest BCUT2D eigenvalue weighted by Gasteiger charge is 2.30. The van der Waals surface area contributed by atoms with Gasteiger partial charge in [0.25, 0.3) is 0 Å². The fourth-order valence-electron chi connectivity index (χ4n) is 3.35. The van der Waals surface area contributed by atoms with Gasteiger partial charge in [0, 0.05) is 51.0 Å². The van der Waals surface area contributed by atoms with E-state index in [1.807, 2.05) is 39.5 Å². The second-order valence-corrected chi connectivity index (χ2v) is 8.24. The maximum Gasteiger partial charge on any atom is 0.410 e. The number of rotatable bonds is 7. The first-order valence-electron chi connectivity index (χ1n) is 10.3. The van der Waals surface area contributed by atoms with E-state index < -0.39 is 5.60 Å². The maximum absolute atomic E-state index is 12.4. The van der Waals surface area contributed by atoms with Crippen molar-refractivity contribution >= 4 is 6.09 Å². The standard InChI is InChI=1S/C22H36N2O4/c1-7-26-20(27-8-2)19-11-9-18(10-12-19)16-23-13-14-24(17(3)15-23)21(25)28-22(4,5)6/h9-12,17,20H,7-8,13-16H2,1-6H3/t17-/m1/s1. The SMILES string of the molecule is CCOC(OCC)c1ccc(CN2CCN(C(=O)OC(C)(C)C)[C@H](C)C2)cc1. The number of hydrogen-bond acceptors (Lipinski definition) is 5. The predicted octanol–water partition coefficient (Wildman–Crippen LogP) is 4.20. The molecule has 0 saturated carbocycles. The Morgan fingerprint density at radius 3 is 2.21 bits per heavy atom. The second-order valence-electron chi connectivity index (χ2n) is 8.24. The summed E-state index contributed by atoms with van der Waals surface area (Å²) in [5.74, 6) is 0. The van der Waals surface area contributed by atoms with Crippen LogP contribution in [0.25, 0.3) is 0 Å². The van der Waals surface area contributed by atoms with E-state index in [0.717, 1.165) is 25.2 Å². The van der Waals surface area contributed by atoms with Gasteiger partial charge in [-0.25, -0.2) is 4.79 Å². The zero-order valence-electron chi connectivity index (χ0n) is 18.2. The van der Waals surface area contributed by atoms with Crippen LogP contribution in [0, 0.1) is 0 Å². The molecule has 0 bridgehead atoms. The molecule has 1 aromatic carbocycles. The molecule has 1 heterocycles. The van der Waals surface area contributed by atoms with Gasteiger partial charge < -0.3 is 19.1 Å². The van der Waals surface area contributed by atoms with E-state index in [-0.39, 0.29) is 18.4 Å². The minimum absolute atomic E-state index is 0.128. The molecule has 1 aliphatic rings. The summed E-state index contributed by atoms with van der Waals surface area (Å²) in [5, 5.41) is 0. The molecule has 1 aliphatic heterocycles. The van der Waals surface area contributed by atoms with Crippen molar-refractivity contribution in [3.63, 3.8) is 0 Å². The Bertz CT molecular complexity index is 606. The molecule has 0 spiro atoms. The lowest BCUT2D eigenvalue weighted by molar-refractivity contribution is -0.140. The molecule has 2 rings (SSSR count). The maximum atomic E-state index is 12.4. The zero-order chi connectivity index (χ0) is 20.7. The van der Waals surface area contributed by atoms with Crippen molar-refractivity contribution < 1.29 is 19.0 Å². The number of nitrogens with zero attached hydrogens (tertiary/aromatic N) is 2. The van der Waals surface area contributed by atoms with Crippen molar-refractivity contribution in [3.8, 4) is 0 Å². The molecule has 1 fully saturated rings. The van der Waals surface area contributed by atoms with Gasteiger partial charge in [0.15, 0.2) is 6.29 Å². The molecule has 0 N–H and O–H groups in total. The summed E-state index contributed by atoms with van der Waals surface area (Å²) >= 11 is 0. The minimum Gasteiger partial charge on any atom is -0.444 e. The molecule has 158 valence electrons. The van der Waals surface area contributed by atoms with E-state index in [4.69, 9.17) is 14.2 Å². The number of piperazine rings is 1. The summed E-state index contributed by atoms with van der Waals surface area (Å²) in [6.07, 6.45) is -0.525. The quantitative estimate of drug-likeness (QED) is 0.651. The second kappa shape index (κ2) is 10.2. The van der Waals surface area contributed by atoms with Crippen LogP contribution < -0.4 is 0 Å². The number of carbonyl (C=O) groups is 1. The highest BCUT2D eigenvalue weighted by atomic mass is 16.7. The Morgan fingerprint density at radius 2 is 1.71 bits per heavy atom. The topological polar surface area (TPSA) is 51.2 Å². The van der Waals surface area contributed by atoms with Crippen LogP contribution in [-0.2, 0) is 20.8 Å². The zero-order valence-corrected chi connectivity index (χ0v) is 18.2. The number of amides is 1. The molecular formula is C22H36N2O4. The molecular weight excluding hydrogens is 356 g/mol. The molecule has 0 aromatic heterocycles. The third kappa shape index (κ3) is 6.76. The summed E-state index contributed by atoms with van der Waals surface area (Å²) in [5.41, 5.74) is 1.82. The Balaban J connectivity index is 1.90. The van der Waals surface area contributed by atoms with Gasteiger partial charge in [0.1, 0.15) is 5.60 Å². The van der Waals surface area contributed by atoms with Gasteiger partial charge in [-0.15, -0.1) is 0 Å².